The van der Waals surface area contributed by atoms with Crippen LogP contribution in [0.2, 0.25) is 5.28 Å². The highest BCUT2D eigenvalue weighted by molar-refractivity contribution is 6.28. The molecule has 1 saturated heterocycles. The molecule has 1 N–H and O–H groups in total. The average Bonchev–Trinajstić information content (AvgIpc) is 2.87. The van der Waals surface area contributed by atoms with Gasteiger partial charge in [-0.3, -0.25) is 4.79 Å². The maximum Gasteiger partial charge on any atom is 0.224 e. The standard InChI is InChI=1S/C11H14ClFN4O/c12-11-15-7-8(13)10(16-11)14-4-3-9(18)17-5-1-2-6-17/h7H,1-6H2,(H,14,15,16). The molecule has 0 atom stereocenters. The first kappa shape index (κ1) is 13.0. The molecule has 1 fully saturated rings. The van der Waals surface area contributed by atoms with Crippen LogP contribution in [0.25, 0.3) is 0 Å². The van der Waals surface area contributed by atoms with Gasteiger partial charge in [-0.25, -0.2) is 9.37 Å². The lowest BCUT2D eigenvalue weighted by molar-refractivity contribution is -0.129. The molecule has 98 valence electrons. The highest BCUT2D eigenvalue weighted by Crippen LogP contribution is 2.12. The van der Waals surface area contributed by atoms with Gasteiger partial charge in [0, 0.05) is 26.1 Å². The molecule has 1 aliphatic rings. The number of anilines is 1. The molecule has 1 amide bonds. The Bertz CT molecular complexity index is 437. The fraction of sp³-hybridized carbons (Fsp3) is 0.545. The van der Waals surface area contributed by atoms with Crippen LogP contribution in [0.15, 0.2) is 6.20 Å². The topological polar surface area (TPSA) is 58.1 Å². The minimum atomic E-state index is -0.576. The van der Waals surface area contributed by atoms with E-state index in [2.05, 4.69) is 15.3 Å². The largest absolute Gasteiger partial charge is 0.367 e. The van der Waals surface area contributed by atoms with Crippen molar-refractivity contribution in [3.05, 3.63) is 17.3 Å². The van der Waals surface area contributed by atoms with E-state index in [1.807, 2.05) is 4.90 Å². The molecule has 2 heterocycles. The third kappa shape index (κ3) is 3.29. The van der Waals surface area contributed by atoms with Crippen LogP contribution < -0.4 is 5.32 Å². The van der Waals surface area contributed by atoms with Crippen molar-refractivity contribution < 1.29 is 9.18 Å². The minimum Gasteiger partial charge on any atom is -0.367 e. The molecule has 2 rings (SSSR count). The average molecular weight is 273 g/mol. The van der Waals surface area contributed by atoms with Gasteiger partial charge in [0.25, 0.3) is 0 Å². The van der Waals surface area contributed by atoms with Crippen LogP contribution in [0, 0.1) is 5.82 Å². The fourth-order valence-electron chi connectivity index (χ4n) is 1.88. The van der Waals surface area contributed by atoms with Crippen molar-refractivity contribution in [2.75, 3.05) is 25.0 Å². The molecule has 1 aromatic heterocycles. The van der Waals surface area contributed by atoms with Crippen LogP contribution in [0.5, 0.6) is 0 Å². The number of rotatable bonds is 4. The van der Waals surface area contributed by atoms with Gasteiger partial charge in [0.2, 0.25) is 11.2 Å². The van der Waals surface area contributed by atoms with Crippen LogP contribution in [-0.2, 0) is 4.79 Å². The van der Waals surface area contributed by atoms with E-state index in [0.29, 0.717) is 13.0 Å². The Balaban J connectivity index is 1.81. The van der Waals surface area contributed by atoms with Gasteiger partial charge >= 0.3 is 0 Å². The summed E-state index contributed by atoms with van der Waals surface area (Å²) < 4.78 is 13.3. The second-order valence-corrected chi connectivity index (χ2v) is 4.44. The van der Waals surface area contributed by atoms with Gasteiger partial charge in [-0.15, -0.1) is 0 Å². The predicted molar refractivity (Wildman–Crippen MR) is 65.9 cm³/mol. The van der Waals surface area contributed by atoms with Crippen LogP contribution in [0.4, 0.5) is 10.2 Å². The monoisotopic (exact) mass is 272 g/mol. The van der Waals surface area contributed by atoms with Crippen LogP contribution >= 0.6 is 11.6 Å². The number of nitrogens with one attached hydrogen (secondary N) is 1. The lowest BCUT2D eigenvalue weighted by Gasteiger charge is -2.15. The number of carbonyl (C=O) groups excluding carboxylic acids is 1. The molecule has 18 heavy (non-hydrogen) atoms. The normalized spacial score (nSPS) is 14.9. The first-order valence-corrected chi connectivity index (χ1v) is 6.24. The quantitative estimate of drug-likeness (QED) is 0.848. The second kappa shape index (κ2) is 5.95. The molecule has 0 aliphatic carbocycles. The molecule has 1 aromatic rings. The van der Waals surface area contributed by atoms with Gasteiger partial charge in [-0.1, -0.05) is 0 Å². The maximum absolute atomic E-state index is 13.3. The Hall–Kier alpha value is -1.43. The number of amides is 1. The fourth-order valence-corrected chi connectivity index (χ4v) is 2.02. The molecule has 0 unspecified atom stereocenters. The maximum atomic E-state index is 13.3. The third-order valence-electron chi connectivity index (χ3n) is 2.80. The van der Waals surface area contributed by atoms with E-state index in [1.165, 1.54) is 0 Å². The Labute approximate surface area is 109 Å². The Morgan fingerprint density at radius 2 is 2.22 bits per heavy atom. The van der Waals surface area contributed by atoms with Crippen molar-refractivity contribution in [1.82, 2.24) is 14.9 Å². The Morgan fingerprint density at radius 1 is 1.50 bits per heavy atom. The van der Waals surface area contributed by atoms with Crippen molar-refractivity contribution in [2.24, 2.45) is 0 Å². The first-order valence-electron chi connectivity index (χ1n) is 5.86. The molecular weight excluding hydrogens is 259 g/mol. The summed E-state index contributed by atoms with van der Waals surface area (Å²) >= 11 is 5.56. The number of nitrogens with zero attached hydrogens (tertiary/aromatic N) is 3. The number of hydrogen-bond acceptors (Lipinski definition) is 4. The van der Waals surface area contributed by atoms with E-state index in [9.17, 15) is 9.18 Å². The van der Waals surface area contributed by atoms with E-state index in [0.717, 1.165) is 32.1 Å². The van der Waals surface area contributed by atoms with Gasteiger partial charge in [0.05, 0.1) is 6.20 Å². The molecule has 0 bridgehead atoms. The summed E-state index contributed by atoms with van der Waals surface area (Å²) in [5.41, 5.74) is 0. The summed E-state index contributed by atoms with van der Waals surface area (Å²) in [4.78, 5) is 20.8. The number of halogens is 2. The molecule has 0 radical (unpaired) electrons. The summed E-state index contributed by atoms with van der Waals surface area (Å²) in [6.07, 6.45) is 3.45. The van der Waals surface area contributed by atoms with Crippen LogP contribution in [-0.4, -0.2) is 40.4 Å². The van der Waals surface area contributed by atoms with E-state index >= 15 is 0 Å². The van der Waals surface area contributed by atoms with Crippen molar-refractivity contribution in [3.63, 3.8) is 0 Å². The van der Waals surface area contributed by atoms with Crippen molar-refractivity contribution in [1.29, 1.82) is 0 Å². The molecular formula is C11H14ClFN4O. The molecule has 5 nitrogen and oxygen atoms in total. The van der Waals surface area contributed by atoms with E-state index in [1.54, 1.807) is 0 Å². The van der Waals surface area contributed by atoms with Crippen molar-refractivity contribution in [3.8, 4) is 0 Å². The van der Waals surface area contributed by atoms with Gasteiger partial charge in [-0.2, -0.15) is 4.98 Å². The summed E-state index contributed by atoms with van der Waals surface area (Å²) in [7, 11) is 0. The summed E-state index contributed by atoms with van der Waals surface area (Å²) in [6.45, 7) is 1.98. The molecule has 0 spiro atoms. The van der Waals surface area contributed by atoms with E-state index in [-0.39, 0.29) is 17.0 Å². The zero-order valence-electron chi connectivity index (χ0n) is 9.83. The zero-order valence-corrected chi connectivity index (χ0v) is 10.6. The lowest BCUT2D eigenvalue weighted by atomic mass is 10.3. The lowest BCUT2D eigenvalue weighted by Crippen LogP contribution is -2.29. The van der Waals surface area contributed by atoms with Crippen molar-refractivity contribution in [2.45, 2.75) is 19.3 Å². The summed E-state index contributed by atoms with van der Waals surface area (Å²) in [5.74, 6) is -0.460. The van der Waals surface area contributed by atoms with Gasteiger partial charge in [0.15, 0.2) is 11.6 Å². The van der Waals surface area contributed by atoms with Gasteiger partial charge in [-0.05, 0) is 24.4 Å². The SMILES string of the molecule is O=C(CCNc1nc(Cl)ncc1F)N1CCCC1. The molecule has 0 saturated carbocycles. The highest BCUT2D eigenvalue weighted by Gasteiger charge is 2.17. The summed E-state index contributed by atoms with van der Waals surface area (Å²) in [5, 5.41) is 2.73. The van der Waals surface area contributed by atoms with Gasteiger partial charge in [0.1, 0.15) is 0 Å². The highest BCUT2D eigenvalue weighted by atomic mass is 35.5. The van der Waals surface area contributed by atoms with Crippen LogP contribution in [0.1, 0.15) is 19.3 Å². The Morgan fingerprint density at radius 3 is 2.94 bits per heavy atom. The number of carbonyl (C=O) groups is 1. The predicted octanol–water partition coefficient (Wildman–Crippen LogP) is 1.69. The third-order valence-corrected chi connectivity index (χ3v) is 2.99. The number of likely N-dealkylation sites (tertiary alicyclic amines) is 1. The van der Waals surface area contributed by atoms with Crippen LogP contribution in [0.3, 0.4) is 0 Å². The number of hydrogen-bond donors (Lipinski definition) is 1. The van der Waals surface area contributed by atoms with Crippen molar-refractivity contribution >= 4 is 23.3 Å². The zero-order chi connectivity index (χ0) is 13.0. The molecule has 0 aromatic carbocycles. The number of aromatic nitrogens is 2. The van der Waals surface area contributed by atoms with E-state index < -0.39 is 5.82 Å². The first-order chi connectivity index (χ1) is 8.66. The Kier molecular flexibility index (Phi) is 4.30. The molecule has 1 aliphatic heterocycles. The van der Waals surface area contributed by atoms with Gasteiger partial charge < -0.3 is 10.2 Å². The minimum absolute atomic E-state index is 0.0234. The second-order valence-electron chi connectivity index (χ2n) is 4.10. The molecule has 7 heteroatoms. The summed E-state index contributed by atoms with van der Waals surface area (Å²) in [6, 6.07) is 0. The smallest absolute Gasteiger partial charge is 0.224 e. The van der Waals surface area contributed by atoms with E-state index in [4.69, 9.17) is 11.6 Å².